The lowest BCUT2D eigenvalue weighted by Gasteiger charge is -2.28. The Kier molecular flexibility index (Phi) is 5.92. The summed E-state index contributed by atoms with van der Waals surface area (Å²) in [5.41, 5.74) is 7.54. The zero-order valence-corrected chi connectivity index (χ0v) is 20.3. The highest BCUT2D eigenvalue weighted by Crippen LogP contribution is 2.43. The zero-order chi connectivity index (χ0) is 23.8. The number of thiocarbonyl (C=S) groups is 1. The minimum Gasteiger partial charge on any atom is -0.351 e. The van der Waals surface area contributed by atoms with Crippen molar-refractivity contribution in [3.05, 3.63) is 113 Å². The Labute approximate surface area is 205 Å². The van der Waals surface area contributed by atoms with E-state index in [9.17, 15) is 4.39 Å². The van der Waals surface area contributed by atoms with Crippen LogP contribution in [0.15, 0.2) is 79.0 Å². The van der Waals surface area contributed by atoms with Crippen molar-refractivity contribution in [2.45, 2.75) is 39.3 Å². The van der Waals surface area contributed by atoms with Crippen molar-refractivity contribution in [3.63, 3.8) is 0 Å². The van der Waals surface area contributed by atoms with E-state index in [1.165, 1.54) is 17.7 Å². The number of hydrogen-bond acceptors (Lipinski definition) is 2. The highest BCUT2D eigenvalue weighted by Gasteiger charge is 2.42. The first-order valence-corrected chi connectivity index (χ1v) is 11.9. The van der Waals surface area contributed by atoms with Crippen molar-refractivity contribution in [1.82, 2.24) is 14.9 Å². The van der Waals surface area contributed by atoms with Crippen LogP contribution in [-0.2, 0) is 6.42 Å². The monoisotopic (exact) mass is 470 g/mol. The predicted molar refractivity (Wildman–Crippen MR) is 139 cm³/mol. The molecule has 1 saturated heterocycles. The first kappa shape index (κ1) is 22.3. The maximum absolute atomic E-state index is 13.6. The lowest BCUT2D eigenvalue weighted by atomic mass is 9.96. The molecule has 5 rings (SSSR count). The Bertz CT molecular complexity index is 1310. The maximum atomic E-state index is 13.6. The fraction of sp³-hybridized carbons (Fsp3) is 0.214. The fourth-order valence-electron chi connectivity index (χ4n) is 4.92. The van der Waals surface area contributed by atoms with E-state index in [4.69, 9.17) is 12.2 Å². The number of benzene rings is 2. The maximum Gasteiger partial charge on any atom is 0.174 e. The van der Waals surface area contributed by atoms with Crippen LogP contribution in [0, 0.1) is 19.7 Å². The number of aromatic nitrogens is 2. The van der Waals surface area contributed by atoms with E-state index in [-0.39, 0.29) is 17.9 Å². The van der Waals surface area contributed by atoms with Crippen molar-refractivity contribution in [1.29, 1.82) is 0 Å². The number of rotatable bonds is 5. The van der Waals surface area contributed by atoms with Gasteiger partial charge in [-0.15, -0.1) is 0 Å². The van der Waals surface area contributed by atoms with E-state index < -0.39 is 0 Å². The molecule has 172 valence electrons. The number of nitrogens with zero attached hydrogens (tertiary/aromatic N) is 3. The molecule has 0 radical (unpaired) electrons. The summed E-state index contributed by atoms with van der Waals surface area (Å²) in [6.45, 7) is 6.35. The Balaban J connectivity index is 1.66. The smallest absolute Gasteiger partial charge is 0.174 e. The molecular weight excluding hydrogens is 443 g/mol. The van der Waals surface area contributed by atoms with Crippen LogP contribution in [0.5, 0.6) is 0 Å². The van der Waals surface area contributed by atoms with Gasteiger partial charge in [0.1, 0.15) is 5.82 Å². The second kappa shape index (κ2) is 9.03. The predicted octanol–water partition coefficient (Wildman–Crippen LogP) is 6.37. The number of anilines is 1. The van der Waals surface area contributed by atoms with Crippen molar-refractivity contribution < 1.29 is 4.39 Å². The van der Waals surface area contributed by atoms with E-state index in [1.54, 1.807) is 0 Å². The molecule has 0 unspecified atom stereocenters. The number of aryl methyl sites for hydroxylation is 2. The standard InChI is InChI=1S/C28H27FN4S/c1-4-20-8-12-23(13-9-20)33-27(26(31-28(33)34)25-7-5-6-16-30-25)24-17-18(2)32(19(24)3)22-14-10-21(29)11-15-22/h5-17,26-27H,4H2,1-3H3,(H,31,34)/t26-,27-/m1/s1. The van der Waals surface area contributed by atoms with E-state index in [0.29, 0.717) is 5.11 Å². The molecule has 0 bridgehead atoms. The number of pyridine rings is 1. The van der Waals surface area contributed by atoms with Crippen LogP contribution in [0.2, 0.25) is 0 Å². The molecule has 1 N–H and O–H groups in total. The second-order valence-corrected chi connectivity index (χ2v) is 9.04. The molecule has 1 aliphatic rings. The van der Waals surface area contributed by atoms with Gasteiger partial charge in [0.05, 0.1) is 17.8 Å². The van der Waals surface area contributed by atoms with Crippen LogP contribution in [0.1, 0.15) is 47.2 Å². The summed E-state index contributed by atoms with van der Waals surface area (Å²) in [4.78, 5) is 6.86. The molecule has 2 atom stereocenters. The summed E-state index contributed by atoms with van der Waals surface area (Å²) < 4.78 is 15.8. The molecule has 34 heavy (non-hydrogen) atoms. The summed E-state index contributed by atoms with van der Waals surface area (Å²) in [7, 11) is 0. The minimum atomic E-state index is -0.242. The van der Waals surface area contributed by atoms with Crippen LogP contribution < -0.4 is 10.2 Å². The molecule has 2 aromatic heterocycles. The zero-order valence-electron chi connectivity index (χ0n) is 19.5. The molecule has 4 nitrogen and oxygen atoms in total. The van der Waals surface area contributed by atoms with Gasteiger partial charge in [-0.1, -0.05) is 25.1 Å². The molecule has 2 aromatic carbocycles. The van der Waals surface area contributed by atoms with E-state index in [2.05, 4.69) is 70.9 Å². The first-order valence-electron chi connectivity index (χ1n) is 11.5. The average molecular weight is 471 g/mol. The quantitative estimate of drug-likeness (QED) is 0.344. The van der Waals surface area contributed by atoms with E-state index >= 15 is 0 Å². The van der Waals surface area contributed by atoms with Gasteiger partial charge in [0, 0.05) is 29.0 Å². The van der Waals surface area contributed by atoms with Crippen molar-refractivity contribution in [3.8, 4) is 5.69 Å². The van der Waals surface area contributed by atoms with Gasteiger partial charge >= 0.3 is 0 Å². The summed E-state index contributed by atoms with van der Waals surface area (Å²) in [6.07, 6.45) is 2.80. The molecule has 0 aliphatic carbocycles. The Morgan fingerprint density at radius 3 is 2.32 bits per heavy atom. The van der Waals surface area contributed by atoms with Crippen LogP contribution in [-0.4, -0.2) is 14.7 Å². The van der Waals surface area contributed by atoms with Crippen LogP contribution >= 0.6 is 12.2 Å². The van der Waals surface area contributed by atoms with Gasteiger partial charge in [-0.2, -0.15) is 0 Å². The lowest BCUT2D eigenvalue weighted by Crippen LogP contribution is -2.29. The van der Waals surface area contributed by atoms with Gasteiger partial charge in [0.15, 0.2) is 5.11 Å². The summed E-state index contributed by atoms with van der Waals surface area (Å²) in [6, 6.07) is 23.2. The third-order valence-corrected chi connectivity index (χ3v) is 6.91. The van der Waals surface area contributed by atoms with Gasteiger partial charge in [0.25, 0.3) is 0 Å². The third kappa shape index (κ3) is 3.88. The summed E-state index contributed by atoms with van der Waals surface area (Å²) in [5.74, 6) is -0.242. The molecule has 0 saturated carbocycles. The third-order valence-electron chi connectivity index (χ3n) is 6.59. The average Bonchev–Trinajstić information content (AvgIpc) is 3.35. The molecule has 0 spiro atoms. The first-order chi connectivity index (χ1) is 16.5. The number of hydrogen-bond donors (Lipinski definition) is 1. The molecule has 3 heterocycles. The molecule has 6 heteroatoms. The van der Waals surface area contributed by atoms with Gasteiger partial charge in [-0.05, 0) is 98.2 Å². The van der Waals surface area contributed by atoms with Crippen molar-refractivity contribution >= 4 is 23.0 Å². The topological polar surface area (TPSA) is 33.1 Å². The van der Waals surface area contributed by atoms with Crippen molar-refractivity contribution in [2.24, 2.45) is 0 Å². The fourth-order valence-corrected chi connectivity index (χ4v) is 5.26. The minimum absolute atomic E-state index is 0.0877. The Morgan fingerprint density at radius 2 is 1.68 bits per heavy atom. The largest absolute Gasteiger partial charge is 0.351 e. The number of nitrogens with one attached hydrogen (secondary N) is 1. The van der Waals surface area contributed by atoms with E-state index in [1.807, 2.05) is 36.5 Å². The summed E-state index contributed by atoms with van der Waals surface area (Å²) >= 11 is 5.87. The molecule has 0 amide bonds. The molecule has 1 fully saturated rings. The van der Waals surface area contributed by atoms with Crippen LogP contribution in [0.3, 0.4) is 0 Å². The van der Waals surface area contributed by atoms with Gasteiger partial charge in [-0.25, -0.2) is 4.39 Å². The van der Waals surface area contributed by atoms with Gasteiger partial charge in [0.2, 0.25) is 0 Å². The highest BCUT2D eigenvalue weighted by atomic mass is 32.1. The molecule has 4 aromatic rings. The van der Waals surface area contributed by atoms with E-state index in [0.717, 1.165) is 40.4 Å². The van der Waals surface area contributed by atoms with Gasteiger partial charge < -0.3 is 14.8 Å². The van der Waals surface area contributed by atoms with Crippen LogP contribution in [0.25, 0.3) is 5.69 Å². The summed E-state index contributed by atoms with van der Waals surface area (Å²) in [5, 5.41) is 4.21. The highest BCUT2D eigenvalue weighted by molar-refractivity contribution is 7.80. The Morgan fingerprint density at radius 1 is 0.971 bits per heavy atom. The SMILES string of the molecule is CCc1ccc(N2C(=S)N[C@H](c3ccccn3)[C@H]2c2cc(C)n(-c3ccc(F)cc3)c2C)cc1. The molecule has 1 aliphatic heterocycles. The van der Waals surface area contributed by atoms with Crippen molar-refractivity contribution in [2.75, 3.05) is 4.90 Å². The van der Waals surface area contributed by atoms with Gasteiger partial charge in [-0.3, -0.25) is 4.98 Å². The van der Waals surface area contributed by atoms with Crippen LogP contribution in [0.4, 0.5) is 10.1 Å². The molecular formula is C28H27FN4S. The number of halogens is 1. The Hall–Kier alpha value is -3.51. The second-order valence-electron chi connectivity index (χ2n) is 8.65. The lowest BCUT2D eigenvalue weighted by molar-refractivity contribution is 0.565. The normalized spacial score (nSPS) is 17.8.